The van der Waals surface area contributed by atoms with Crippen molar-refractivity contribution in [3.63, 3.8) is 0 Å². The predicted octanol–water partition coefficient (Wildman–Crippen LogP) is 1.92. The molecule has 2 atom stereocenters. The van der Waals surface area contributed by atoms with Gasteiger partial charge in [-0.15, -0.1) is 0 Å². The van der Waals surface area contributed by atoms with Crippen LogP contribution >= 0.6 is 0 Å². The Bertz CT molecular complexity index is 367. The van der Waals surface area contributed by atoms with Crippen LogP contribution in [0.15, 0.2) is 6.07 Å². The zero-order valence-corrected chi connectivity index (χ0v) is 10.5. The summed E-state index contributed by atoms with van der Waals surface area (Å²) in [5, 5.41) is 3.01. The second-order valence-corrected chi connectivity index (χ2v) is 4.80. The molecular weight excluding hydrogens is 200 g/mol. The van der Waals surface area contributed by atoms with Gasteiger partial charge in [0.2, 0.25) is 5.95 Å². The Morgan fingerprint density at radius 2 is 1.88 bits per heavy atom. The lowest BCUT2D eigenvalue weighted by molar-refractivity contribution is 0.494. The van der Waals surface area contributed by atoms with Gasteiger partial charge in [0.05, 0.1) is 0 Å². The van der Waals surface area contributed by atoms with E-state index in [1.54, 1.807) is 0 Å². The average molecular weight is 220 g/mol. The molecule has 0 saturated carbocycles. The lowest BCUT2D eigenvalue weighted by Crippen LogP contribution is -2.21. The summed E-state index contributed by atoms with van der Waals surface area (Å²) in [6.07, 6.45) is 0. The molecule has 2 rings (SSSR count). The van der Waals surface area contributed by atoms with Gasteiger partial charge in [0, 0.05) is 31.9 Å². The Hall–Kier alpha value is -1.32. The van der Waals surface area contributed by atoms with Gasteiger partial charge >= 0.3 is 0 Å². The summed E-state index contributed by atoms with van der Waals surface area (Å²) in [4.78, 5) is 11.2. The molecule has 1 aromatic rings. The number of hydrogen-bond donors (Lipinski definition) is 1. The fraction of sp³-hybridized carbons (Fsp3) is 0.667. The smallest absolute Gasteiger partial charge is 0.224 e. The number of rotatable bonds is 2. The van der Waals surface area contributed by atoms with E-state index in [4.69, 9.17) is 0 Å². The molecule has 2 heterocycles. The van der Waals surface area contributed by atoms with Gasteiger partial charge in [0.25, 0.3) is 0 Å². The monoisotopic (exact) mass is 220 g/mol. The lowest BCUT2D eigenvalue weighted by Gasteiger charge is -2.18. The van der Waals surface area contributed by atoms with Crippen LogP contribution in [-0.2, 0) is 0 Å². The molecule has 1 aliphatic heterocycles. The molecule has 88 valence electrons. The molecule has 1 fully saturated rings. The fourth-order valence-electron chi connectivity index (χ4n) is 2.14. The van der Waals surface area contributed by atoms with Crippen LogP contribution in [0, 0.1) is 18.8 Å². The zero-order chi connectivity index (χ0) is 11.7. The van der Waals surface area contributed by atoms with Gasteiger partial charge in [-0.25, -0.2) is 4.98 Å². The van der Waals surface area contributed by atoms with E-state index in [1.807, 2.05) is 14.0 Å². The van der Waals surface area contributed by atoms with Gasteiger partial charge in [0.1, 0.15) is 5.82 Å². The molecule has 1 aliphatic rings. The topological polar surface area (TPSA) is 41.1 Å². The molecule has 0 amide bonds. The van der Waals surface area contributed by atoms with Crippen LogP contribution < -0.4 is 10.2 Å². The van der Waals surface area contributed by atoms with Gasteiger partial charge in [-0.1, -0.05) is 13.8 Å². The highest BCUT2D eigenvalue weighted by Crippen LogP contribution is 2.27. The van der Waals surface area contributed by atoms with Crippen LogP contribution in [0.2, 0.25) is 0 Å². The molecule has 0 bridgehead atoms. The highest BCUT2D eigenvalue weighted by atomic mass is 15.2. The second-order valence-electron chi connectivity index (χ2n) is 4.80. The highest BCUT2D eigenvalue weighted by Gasteiger charge is 2.27. The molecule has 0 aromatic carbocycles. The van der Waals surface area contributed by atoms with E-state index in [9.17, 15) is 0 Å². The van der Waals surface area contributed by atoms with Crippen molar-refractivity contribution >= 4 is 11.8 Å². The predicted molar refractivity (Wildman–Crippen MR) is 66.9 cm³/mol. The van der Waals surface area contributed by atoms with E-state index >= 15 is 0 Å². The molecule has 1 saturated heterocycles. The maximum atomic E-state index is 4.51. The number of anilines is 2. The van der Waals surface area contributed by atoms with E-state index < -0.39 is 0 Å². The number of nitrogens with zero attached hydrogens (tertiary/aromatic N) is 3. The van der Waals surface area contributed by atoms with Crippen LogP contribution in [0.4, 0.5) is 11.8 Å². The first kappa shape index (κ1) is 11.2. The van der Waals surface area contributed by atoms with Crippen molar-refractivity contribution in [3.05, 3.63) is 11.8 Å². The van der Waals surface area contributed by atoms with E-state index in [0.717, 1.165) is 36.4 Å². The lowest BCUT2D eigenvalue weighted by atomic mass is 10.0. The SMILES string of the molecule is CNc1nc(C)cc(N2CC(C)C(C)C2)n1. The minimum Gasteiger partial charge on any atom is -0.357 e. The quantitative estimate of drug-likeness (QED) is 0.826. The second kappa shape index (κ2) is 4.28. The standard InChI is InChI=1S/C12H20N4/c1-8-6-16(7-9(8)2)11-5-10(3)14-12(13-4)15-11/h5,8-9H,6-7H2,1-4H3,(H,13,14,15). The zero-order valence-electron chi connectivity index (χ0n) is 10.5. The van der Waals surface area contributed by atoms with Crippen LogP contribution in [-0.4, -0.2) is 30.1 Å². The number of nitrogens with one attached hydrogen (secondary N) is 1. The van der Waals surface area contributed by atoms with Crippen molar-refractivity contribution in [2.45, 2.75) is 20.8 Å². The molecular formula is C12H20N4. The van der Waals surface area contributed by atoms with Crippen LogP contribution in [0.3, 0.4) is 0 Å². The summed E-state index contributed by atoms with van der Waals surface area (Å²) in [5.41, 5.74) is 1.02. The number of aromatic nitrogens is 2. The van der Waals surface area contributed by atoms with Gasteiger partial charge in [0.15, 0.2) is 0 Å². The summed E-state index contributed by atoms with van der Waals surface area (Å²) in [5.74, 6) is 3.25. The van der Waals surface area contributed by atoms with Gasteiger partial charge < -0.3 is 10.2 Å². The average Bonchev–Trinajstić information content (AvgIpc) is 2.58. The Kier molecular flexibility index (Phi) is 2.99. The summed E-state index contributed by atoms with van der Waals surface area (Å²) < 4.78 is 0. The van der Waals surface area contributed by atoms with Crippen molar-refractivity contribution in [1.82, 2.24) is 9.97 Å². The summed E-state index contributed by atoms with van der Waals surface area (Å²) >= 11 is 0. The minimum absolute atomic E-state index is 0.710. The molecule has 0 spiro atoms. The maximum Gasteiger partial charge on any atom is 0.224 e. The van der Waals surface area contributed by atoms with Crippen molar-refractivity contribution in [3.8, 4) is 0 Å². The third-order valence-corrected chi connectivity index (χ3v) is 3.38. The molecule has 0 aliphatic carbocycles. The van der Waals surface area contributed by atoms with E-state index in [2.05, 4.69) is 40.1 Å². The van der Waals surface area contributed by atoms with Crippen LogP contribution in [0.1, 0.15) is 19.5 Å². The first-order valence-electron chi connectivity index (χ1n) is 5.88. The Morgan fingerprint density at radius 3 is 2.44 bits per heavy atom. The van der Waals surface area contributed by atoms with Gasteiger partial charge in [-0.3, -0.25) is 0 Å². The summed E-state index contributed by atoms with van der Waals surface area (Å²) in [6, 6.07) is 2.06. The van der Waals surface area contributed by atoms with E-state index in [-0.39, 0.29) is 0 Å². The van der Waals surface area contributed by atoms with Gasteiger partial charge in [-0.05, 0) is 18.8 Å². The molecule has 4 nitrogen and oxygen atoms in total. The molecule has 2 unspecified atom stereocenters. The Balaban J connectivity index is 2.24. The number of hydrogen-bond acceptors (Lipinski definition) is 4. The third kappa shape index (κ3) is 2.10. The highest BCUT2D eigenvalue weighted by molar-refractivity contribution is 5.45. The minimum atomic E-state index is 0.710. The summed E-state index contributed by atoms with van der Waals surface area (Å²) in [6.45, 7) is 8.81. The first-order chi connectivity index (χ1) is 7.60. The van der Waals surface area contributed by atoms with E-state index in [1.165, 1.54) is 0 Å². The van der Waals surface area contributed by atoms with Crippen molar-refractivity contribution in [2.24, 2.45) is 11.8 Å². The van der Waals surface area contributed by atoms with Crippen LogP contribution in [0.5, 0.6) is 0 Å². The molecule has 4 heteroatoms. The maximum absolute atomic E-state index is 4.51. The molecule has 1 aromatic heterocycles. The van der Waals surface area contributed by atoms with Crippen molar-refractivity contribution in [1.29, 1.82) is 0 Å². The third-order valence-electron chi connectivity index (χ3n) is 3.38. The Labute approximate surface area is 97.1 Å². The molecule has 0 radical (unpaired) electrons. The largest absolute Gasteiger partial charge is 0.357 e. The normalized spacial score (nSPS) is 24.9. The van der Waals surface area contributed by atoms with Crippen molar-refractivity contribution < 1.29 is 0 Å². The number of aryl methyl sites for hydroxylation is 1. The van der Waals surface area contributed by atoms with Crippen LogP contribution in [0.25, 0.3) is 0 Å². The van der Waals surface area contributed by atoms with Crippen molar-refractivity contribution in [2.75, 3.05) is 30.4 Å². The van der Waals surface area contributed by atoms with Gasteiger partial charge in [-0.2, -0.15) is 4.98 Å². The first-order valence-corrected chi connectivity index (χ1v) is 5.88. The molecule has 16 heavy (non-hydrogen) atoms. The Morgan fingerprint density at radius 1 is 1.25 bits per heavy atom. The van der Waals surface area contributed by atoms with E-state index in [0.29, 0.717) is 5.95 Å². The molecule has 1 N–H and O–H groups in total. The fourth-order valence-corrected chi connectivity index (χ4v) is 2.14. The summed E-state index contributed by atoms with van der Waals surface area (Å²) in [7, 11) is 1.85.